The molecule has 1 unspecified atom stereocenters. The van der Waals surface area contributed by atoms with Crippen molar-refractivity contribution in [2.75, 3.05) is 6.61 Å². The number of aliphatic hydroxyl groups is 1. The first-order chi connectivity index (χ1) is 11.5. The Morgan fingerprint density at radius 3 is 1.36 bits per heavy atom. The van der Waals surface area contributed by atoms with E-state index in [1.54, 1.807) is 0 Å². The zero-order valence-electron chi connectivity index (χ0n) is 17.5. The van der Waals surface area contributed by atoms with Crippen molar-refractivity contribution in [2.45, 2.75) is 129 Å². The zero-order chi connectivity index (χ0) is 18.1. The molecule has 0 saturated heterocycles. The third-order valence-corrected chi connectivity index (χ3v) is 5.44. The quantitative estimate of drug-likeness (QED) is 0.230. The van der Waals surface area contributed by atoms with Gasteiger partial charge in [-0.1, -0.05) is 96.8 Å². The number of hydrogen-bond acceptors (Lipinski definition) is 2. The van der Waals surface area contributed by atoms with Crippen molar-refractivity contribution in [3.63, 3.8) is 0 Å². The first-order valence-electron chi connectivity index (χ1n) is 10.9. The maximum atomic E-state index is 9.16. The van der Waals surface area contributed by atoms with Crippen molar-refractivity contribution in [1.29, 1.82) is 0 Å². The van der Waals surface area contributed by atoms with Crippen LogP contribution in [0, 0.1) is 5.92 Å². The summed E-state index contributed by atoms with van der Waals surface area (Å²) in [6.07, 6.45) is 21.7. The maximum Gasteiger partial charge on any atom is 0.0434 e. The molecule has 0 bridgehead atoms. The van der Waals surface area contributed by atoms with Gasteiger partial charge in [0.05, 0.1) is 0 Å². The Hall–Kier alpha value is 0.400. The minimum absolute atomic E-state index is 0. The second-order valence-electron chi connectivity index (χ2n) is 8.42. The molecule has 0 fully saturated rings. The fourth-order valence-electron chi connectivity index (χ4n) is 3.63. The highest BCUT2D eigenvalue weighted by Crippen LogP contribution is 2.24. The molecule has 0 aliphatic carbocycles. The van der Waals surface area contributed by atoms with Gasteiger partial charge in [0.1, 0.15) is 0 Å². The molecule has 0 spiro atoms. The molecule has 3 N–H and O–H groups in total. The lowest BCUT2D eigenvalue weighted by atomic mass is 9.82. The predicted octanol–water partition coefficient (Wildman–Crippen LogP) is 7.17. The fourth-order valence-corrected chi connectivity index (χ4v) is 3.63. The Morgan fingerprint density at radius 1 is 0.680 bits per heavy atom. The van der Waals surface area contributed by atoms with Crippen molar-refractivity contribution < 1.29 is 5.11 Å². The standard InChI is InChI=1S/C22H47NO.BrH/c1-4-5-6-7-8-9-10-11-12-13-14-15-16-17-18-21(19-20-24)22(2,3)23;/h21,24H,4-20,23H2,1-3H3;1H. The van der Waals surface area contributed by atoms with Gasteiger partial charge in [0.25, 0.3) is 0 Å². The number of nitrogens with two attached hydrogens (primary N) is 1. The van der Waals surface area contributed by atoms with Crippen LogP contribution in [0.5, 0.6) is 0 Å². The Labute approximate surface area is 169 Å². The van der Waals surface area contributed by atoms with Crippen LogP contribution in [0.2, 0.25) is 0 Å². The summed E-state index contributed by atoms with van der Waals surface area (Å²) in [6.45, 7) is 6.74. The monoisotopic (exact) mass is 421 g/mol. The lowest BCUT2D eigenvalue weighted by Crippen LogP contribution is -2.41. The molecule has 0 amide bonds. The van der Waals surface area contributed by atoms with Gasteiger partial charge < -0.3 is 10.8 Å². The second-order valence-corrected chi connectivity index (χ2v) is 8.42. The normalized spacial score (nSPS) is 12.8. The van der Waals surface area contributed by atoms with Crippen molar-refractivity contribution in [2.24, 2.45) is 11.7 Å². The zero-order valence-corrected chi connectivity index (χ0v) is 19.2. The summed E-state index contributed by atoms with van der Waals surface area (Å²) in [6, 6.07) is 0. The van der Waals surface area contributed by atoms with E-state index in [9.17, 15) is 0 Å². The SMILES string of the molecule is Br.CCCCCCCCCCCCCCCCC(CCO)C(C)(C)N. The molecule has 0 rings (SSSR count). The van der Waals surface area contributed by atoms with E-state index in [0.717, 1.165) is 6.42 Å². The molecule has 0 aliphatic heterocycles. The molecule has 0 radical (unpaired) electrons. The van der Waals surface area contributed by atoms with Gasteiger partial charge in [0.2, 0.25) is 0 Å². The molecule has 1 atom stereocenters. The summed E-state index contributed by atoms with van der Waals surface area (Å²) < 4.78 is 0. The molecule has 3 heteroatoms. The van der Waals surface area contributed by atoms with E-state index in [0.29, 0.717) is 5.92 Å². The van der Waals surface area contributed by atoms with E-state index < -0.39 is 0 Å². The Kier molecular flexibility index (Phi) is 21.2. The van der Waals surface area contributed by atoms with E-state index in [2.05, 4.69) is 20.8 Å². The molecule has 154 valence electrons. The van der Waals surface area contributed by atoms with Gasteiger partial charge in [-0.3, -0.25) is 0 Å². The lowest BCUT2D eigenvalue weighted by molar-refractivity contribution is 0.201. The molecular weight excluding hydrogens is 374 g/mol. The number of unbranched alkanes of at least 4 members (excludes halogenated alkanes) is 13. The third-order valence-electron chi connectivity index (χ3n) is 5.44. The number of hydrogen-bond donors (Lipinski definition) is 2. The van der Waals surface area contributed by atoms with Crippen LogP contribution in [-0.2, 0) is 0 Å². The minimum Gasteiger partial charge on any atom is -0.396 e. The first kappa shape index (κ1) is 27.6. The van der Waals surface area contributed by atoms with Crippen LogP contribution >= 0.6 is 17.0 Å². The van der Waals surface area contributed by atoms with E-state index in [1.807, 2.05) is 0 Å². The highest BCUT2D eigenvalue weighted by Gasteiger charge is 2.23. The van der Waals surface area contributed by atoms with Gasteiger partial charge in [0.15, 0.2) is 0 Å². The Bertz CT molecular complexity index is 253. The molecule has 0 aromatic rings. The Balaban J connectivity index is 0. The summed E-state index contributed by atoms with van der Waals surface area (Å²) in [5.74, 6) is 0.458. The number of rotatable bonds is 18. The first-order valence-corrected chi connectivity index (χ1v) is 10.9. The van der Waals surface area contributed by atoms with Gasteiger partial charge in [-0.15, -0.1) is 17.0 Å². The van der Waals surface area contributed by atoms with Crippen LogP contribution in [0.1, 0.15) is 124 Å². The smallest absolute Gasteiger partial charge is 0.0434 e. The second kappa shape index (κ2) is 19.2. The van der Waals surface area contributed by atoms with Gasteiger partial charge in [-0.2, -0.15) is 0 Å². The summed E-state index contributed by atoms with van der Waals surface area (Å²) in [7, 11) is 0. The lowest BCUT2D eigenvalue weighted by Gasteiger charge is -2.30. The number of aliphatic hydroxyl groups excluding tert-OH is 1. The molecular formula is C22H48BrNO. The van der Waals surface area contributed by atoms with Gasteiger partial charge in [-0.05, 0) is 32.6 Å². The third kappa shape index (κ3) is 19.0. The molecule has 2 nitrogen and oxygen atoms in total. The largest absolute Gasteiger partial charge is 0.396 e. The topological polar surface area (TPSA) is 46.2 Å². The highest BCUT2D eigenvalue weighted by molar-refractivity contribution is 8.93. The van der Waals surface area contributed by atoms with Crippen LogP contribution in [0.15, 0.2) is 0 Å². The summed E-state index contributed by atoms with van der Waals surface area (Å²) in [4.78, 5) is 0. The predicted molar refractivity (Wildman–Crippen MR) is 119 cm³/mol. The fraction of sp³-hybridized carbons (Fsp3) is 1.00. The summed E-state index contributed by atoms with van der Waals surface area (Å²) in [5, 5.41) is 9.16. The highest BCUT2D eigenvalue weighted by atomic mass is 79.9. The molecule has 0 aliphatic rings. The van der Waals surface area contributed by atoms with E-state index in [4.69, 9.17) is 10.8 Å². The van der Waals surface area contributed by atoms with Crippen LogP contribution in [0.3, 0.4) is 0 Å². The van der Waals surface area contributed by atoms with Gasteiger partial charge in [0, 0.05) is 12.1 Å². The van der Waals surface area contributed by atoms with Crippen molar-refractivity contribution >= 4 is 17.0 Å². The average molecular weight is 423 g/mol. The van der Waals surface area contributed by atoms with E-state index in [-0.39, 0.29) is 29.1 Å². The number of halogens is 1. The van der Waals surface area contributed by atoms with Crippen molar-refractivity contribution in [1.82, 2.24) is 0 Å². The molecule has 25 heavy (non-hydrogen) atoms. The van der Waals surface area contributed by atoms with E-state index in [1.165, 1.54) is 96.3 Å². The van der Waals surface area contributed by atoms with Crippen LogP contribution in [0.25, 0.3) is 0 Å². The summed E-state index contributed by atoms with van der Waals surface area (Å²) >= 11 is 0. The minimum atomic E-state index is -0.154. The molecule has 0 saturated carbocycles. The average Bonchev–Trinajstić information content (AvgIpc) is 2.53. The van der Waals surface area contributed by atoms with Crippen LogP contribution in [-0.4, -0.2) is 17.3 Å². The van der Waals surface area contributed by atoms with Crippen molar-refractivity contribution in [3.05, 3.63) is 0 Å². The summed E-state index contributed by atoms with van der Waals surface area (Å²) in [5.41, 5.74) is 6.06. The Morgan fingerprint density at radius 2 is 1.04 bits per heavy atom. The van der Waals surface area contributed by atoms with Crippen LogP contribution < -0.4 is 5.73 Å². The molecule has 0 aromatic carbocycles. The van der Waals surface area contributed by atoms with Gasteiger partial charge in [-0.25, -0.2) is 0 Å². The van der Waals surface area contributed by atoms with Gasteiger partial charge >= 0.3 is 0 Å². The molecule has 0 heterocycles. The van der Waals surface area contributed by atoms with Crippen molar-refractivity contribution in [3.8, 4) is 0 Å². The maximum absolute atomic E-state index is 9.16. The van der Waals surface area contributed by atoms with E-state index >= 15 is 0 Å². The molecule has 0 aromatic heterocycles. The van der Waals surface area contributed by atoms with Crippen LogP contribution in [0.4, 0.5) is 0 Å².